The normalized spacial score (nSPS) is 16.1. The summed E-state index contributed by atoms with van der Waals surface area (Å²) in [7, 11) is 0. The first-order chi connectivity index (χ1) is 41.1. The van der Waals surface area contributed by atoms with Gasteiger partial charge in [0.25, 0.3) is 0 Å². The van der Waals surface area contributed by atoms with Crippen LogP contribution < -0.4 is 4.90 Å². The van der Waals surface area contributed by atoms with E-state index < -0.39 is 0 Å². The molecule has 0 atom stereocenters. The summed E-state index contributed by atoms with van der Waals surface area (Å²) < 4.78 is 16.5. The Hall–Kier alpha value is -9.64. The summed E-state index contributed by atoms with van der Waals surface area (Å²) in [4.78, 5) is 2.54. The van der Waals surface area contributed by atoms with Gasteiger partial charge in [0, 0.05) is 82.4 Å². The molecule has 0 N–H and O–H groups in total. The molecule has 0 saturated heterocycles. The van der Waals surface area contributed by atoms with Crippen LogP contribution in [-0.2, 0) is 21.7 Å². The van der Waals surface area contributed by atoms with Gasteiger partial charge in [-0.25, -0.2) is 0 Å². The van der Waals surface area contributed by atoms with Gasteiger partial charge in [-0.05, 0) is 180 Å². The molecule has 4 aliphatic rings. The van der Waals surface area contributed by atoms with Gasteiger partial charge in [-0.1, -0.05) is 183 Å². The number of allylic oxidation sites excluding steroid dienone is 1. The highest BCUT2D eigenvalue weighted by Gasteiger charge is 2.49. The molecule has 14 aromatic rings. The van der Waals surface area contributed by atoms with Crippen molar-refractivity contribution in [3.63, 3.8) is 0 Å². The van der Waals surface area contributed by atoms with Crippen molar-refractivity contribution in [1.29, 1.82) is 0 Å². The molecule has 408 valence electrons. The predicted octanol–water partition coefficient (Wildman–Crippen LogP) is 22.3. The highest BCUT2D eigenvalue weighted by Crippen LogP contribution is 2.64. The molecule has 0 spiro atoms. The van der Waals surface area contributed by atoms with Crippen LogP contribution in [0.2, 0.25) is 0 Å². The van der Waals surface area contributed by atoms with E-state index in [2.05, 4.69) is 278 Å². The smallest absolute Gasteiger partial charge is 0.144 e. The van der Waals surface area contributed by atoms with E-state index in [1.807, 2.05) is 0 Å². The molecule has 18 rings (SSSR count). The highest BCUT2D eigenvalue weighted by atomic mass is 16.3. The Balaban J connectivity index is 0.873. The Kier molecular flexibility index (Phi) is 9.41. The molecule has 0 fully saturated rings. The van der Waals surface area contributed by atoms with E-state index in [1.54, 1.807) is 0 Å². The lowest BCUT2D eigenvalue weighted by atomic mass is 9.72. The van der Waals surface area contributed by atoms with Gasteiger partial charge >= 0.3 is 0 Å². The van der Waals surface area contributed by atoms with Crippen LogP contribution >= 0.6 is 0 Å². The molecular formula is C81H62N2O2. The fraction of sp³-hybridized carbons (Fsp3) is 0.160. The number of benzene rings is 11. The largest absolute Gasteiger partial charge is 0.455 e. The maximum atomic E-state index is 7.08. The Labute approximate surface area is 494 Å². The van der Waals surface area contributed by atoms with Crippen LogP contribution in [0, 0.1) is 0 Å². The summed E-state index contributed by atoms with van der Waals surface area (Å²) >= 11 is 0. The third-order valence-electron chi connectivity index (χ3n) is 20.7. The summed E-state index contributed by atoms with van der Waals surface area (Å²) in [6.07, 6.45) is 0.959. The fourth-order valence-corrected chi connectivity index (χ4v) is 16.8. The molecule has 0 aliphatic heterocycles. The zero-order valence-electron chi connectivity index (χ0n) is 49.3. The highest BCUT2D eigenvalue weighted by molar-refractivity contribution is 6.22. The number of hydrogen-bond acceptors (Lipinski definition) is 3. The number of furan rings is 2. The number of hydrogen-bond donors (Lipinski definition) is 0. The van der Waals surface area contributed by atoms with E-state index in [0.717, 1.165) is 67.8 Å². The van der Waals surface area contributed by atoms with Crippen molar-refractivity contribution in [2.24, 2.45) is 0 Å². The lowest BCUT2D eigenvalue weighted by Crippen LogP contribution is -2.24. The minimum absolute atomic E-state index is 0.00325. The summed E-state index contributed by atoms with van der Waals surface area (Å²) in [5.41, 5.74) is 31.4. The number of rotatable bonds is 5. The average Bonchev–Trinajstić information content (AvgIpc) is 1.60. The number of fused-ring (bicyclic) bond motifs is 23. The zero-order chi connectivity index (χ0) is 57.4. The van der Waals surface area contributed by atoms with Crippen LogP contribution in [0.4, 0.5) is 17.1 Å². The van der Waals surface area contributed by atoms with Gasteiger partial charge in [0.1, 0.15) is 22.3 Å². The van der Waals surface area contributed by atoms with Crippen molar-refractivity contribution in [2.75, 3.05) is 4.90 Å². The fourth-order valence-electron chi connectivity index (χ4n) is 16.8. The quantitative estimate of drug-likeness (QED) is 0.172. The van der Waals surface area contributed by atoms with Gasteiger partial charge < -0.3 is 18.3 Å². The molecule has 4 heteroatoms. The standard InChI is InChI=1S/C81H62N2O2/c1-45-44-78(2,3)61-39-46(31-35-51(45)61)58-43-64-69(71-56-25-15-19-29-67(56)84-76(58)71)54-36-32-49(41-62(54)79(64,4)5)82(48-34-38-66-59(40-48)52-23-14-18-28-65(52)83(66)47-21-11-10-12-22-47)50-33-37-55-63(42-50)81(8,9)74-70(55)72-57-26-16-20-30-68(57)85-77(72)73-53-24-13-17-27-60(53)80(6,7)75(73)74/h10-43H,1,44H2,2-9H3. The topological polar surface area (TPSA) is 34.5 Å². The molecule has 0 bridgehead atoms. The van der Waals surface area contributed by atoms with Gasteiger partial charge in [-0.3, -0.25) is 0 Å². The Morgan fingerprint density at radius 2 is 0.929 bits per heavy atom. The molecule has 11 aromatic carbocycles. The number of para-hydroxylation sites is 4. The van der Waals surface area contributed by atoms with E-state index in [0.29, 0.717) is 0 Å². The van der Waals surface area contributed by atoms with E-state index in [4.69, 9.17) is 8.83 Å². The van der Waals surface area contributed by atoms with E-state index >= 15 is 0 Å². The number of anilines is 3. The van der Waals surface area contributed by atoms with Crippen LogP contribution in [-0.4, -0.2) is 4.57 Å². The van der Waals surface area contributed by atoms with Gasteiger partial charge in [0.05, 0.1) is 11.0 Å². The SMILES string of the molecule is C=C1CC(C)(C)c2cc(-c3cc4c(c5c3oc3ccccc35)-c3ccc(N(c5ccc6c(c5)C(C)(C)c5c7c(c8oc9ccccc9c8c5-6)-c5ccccc5C7(C)C)c5ccc6c(c5)c5ccccc5n6-c5ccccc5)cc3C4(C)C)ccc21. The Morgan fingerprint density at radius 3 is 1.67 bits per heavy atom. The number of aromatic nitrogens is 1. The first-order valence-electron chi connectivity index (χ1n) is 30.2. The monoisotopic (exact) mass is 1090 g/mol. The summed E-state index contributed by atoms with van der Waals surface area (Å²) in [6.45, 7) is 23.8. The molecule has 0 unspecified atom stereocenters. The summed E-state index contributed by atoms with van der Waals surface area (Å²) in [6, 6.07) is 77.2. The van der Waals surface area contributed by atoms with E-state index in [1.165, 1.54) is 122 Å². The maximum Gasteiger partial charge on any atom is 0.144 e. The van der Waals surface area contributed by atoms with Crippen molar-refractivity contribution >= 4 is 88.3 Å². The minimum atomic E-state index is -0.379. The molecular weight excluding hydrogens is 1030 g/mol. The Morgan fingerprint density at radius 1 is 0.388 bits per heavy atom. The second kappa shape index (κ2) is 16.4. The van der Waals surface area contributed by atoms with Crippen LogP contribution in [0.1, 0.15) is 106 Å². The molecule has 3 heterocycles. The minimum Gasteiger partial charge on any atom is -0.455 e. The molecule has 85 heavy (non-hydrogen) atoms. The van der Waals surface area contributed by atoms with Crippen LogP contribution in [0.3, 0.4) is 0 Å². The van der Waals surface area contributed by atoms with Crippen molar-refractivity contribution in [3.05, 3.63) is 257 Å². The second-order valence-corrected chi connectivity index (χ2v) is 27.0. The van der Waals surface area contributed by atoms with E-state index in [-0.39, 0.29) is 21.7 Å². The average molecular weight is 1100 g/mol. The van der Waals surface area contributed by atoms with Crippen molar-refractivity contribution < 1.29 is 8.83 Å². The molecule has 0 radical (unpaired) electrons. The molecule has 0 saturated carbocycles. The van der Waals surface area contributed by atoms with Crippen molar-refractivity contribution in [3.8, 4) is 50.2 Å². The van der Waals surface area contributed by atoms with Crippen LogP contribution in [0.15, 0.2) is 222 Å². The predicted molar refractivity (Wildman–Crippen MR) is 355 cm³/mol. The lowest BCUT2D eigenvalue weighted by molar-refractivity contribution is 0.563. The molecule has 3 aromatic heterocycles. The van der Waals surface area contributed by atoms with Crippen molar-refractivity contribution in [1.82, 2.24) is 4.57 Å². The number of nitrogens with zero attached hydrogens (tertiary/aromatic N) is 2. The molecule has 0 amide bonds. The molecule has 4 nitrogen and oxygen atoms in total. The first-order valence-corrected chi connectivity index (χ1v) is 30.2. The summed E-state index contributed by atoms with van der Waals surface area (Å²) in [5.74, 6) is 0. The zero-order valence-corrected chi connectivity index (χ0v) is 49.3. The third kappa shape index (κ3) is 6.26. The third-order valence-corrected chi connectivity index (χ3v) is 20.7. The van der Waals surface area contributed by atoms with Crippen molar-refractivity contribution in [2.45, 2.75) is 83.5 Å². The van der Waals surface area contributed by atoms with E-state index in [9.17, 15) is 0 Å². The van der Waals surface area contributed by atoms with Gasteiger partial charge in [0.15, 0.2) is 0 Å². The first kappa shape index (κ1) is 48.8. The van der Waals surface area contributed by atoms with Gasteiger partial charge in [0.2, 0.25) is 0 Å². The van der Waals surface area contributed by atoms with Crippen LogP contribution in [0.5, 0.6) is 0 Å². The maximum absolute atomic E-state index is 7.08. The summed E-state index contributed by atoms with van der Waals surface area (Å²) in [5, 5.41) is 7.12. The van der Waals surface area contributed by atoms with Crippen LogP contribution in [0.25, 0.3) is 121 Å². The second-order valence-electron chi connectivity index (χ2n) is 27.0. The molecule has 4 aliphatic carbocycles. The van der Waals surface area contributed by atoms with Gasteiger partial charge in [-0.2, -0.15) is 0 Å². The Bertz CT molecular complexity index is 5360. The lowest BCUT2D eigenvalue weighted by Gasteiger charge is -2.32. The van der Waals surface area contributed by atoms with Gasteiger partial charge in [-0.15, -0.1) is 0 Å².